The molecule has 0 radical (unpaired) electrons. The summed E-state index contributed by atoms with van der Waals surface area (Å²) in [5.41, 5.74) is 5.72. The van der Waals surface area contributed by atoms with Gasteiger partial charge in [-0.25, -0.2) is 0 Å². The Morgan fingerprint density at radius 1 is 0.536 bits per heavy atom. The number of aryl methyl sites for hydroxylation is 1. The third-order valence-electron chi connectivity index (χ3n) is 6.00. The molecule has 0 spiro atoms. The fraction of sp³-hybridized carbons (Fsp3) is 0.143. The van der Waals surface area contributed by atoms with E-state index in [4.69, 9.17) is 0 Å². The van der Waals surface area contributed by atoms with E-state index < -0.39 is 0 Å². The van der Waals surface area contributed by atoms with E-state index in [1.54, 1.807) is 0 Å². The van der Waals surface area contributed by atoms with E-state index in [1.165, 1.54) is 54.6 Å². The summed E-state index contributed by atoms with van der Waals surface area (Å²) >= 11 is 0. The van der Waals surface area contributed by atoms with Crippen LogP contribution in [0.4, 0.5) is 0 Å². The van der Waals surface area contributed by atoms with Gasteiger partial charge >= 0.3 is 0 Å². The average Bonchev–Trinajstić information content (AvgIpc) is 2.76. The minimum atomic E-state index is 1.05. The summed E-state index contributed by atoms with van der Waals surface area (Å²) in [7, 11) is 0. The smallest absolute Gasteiger partial charge is 0.00642 e. The normalized spacial score (nSPS) is 11.5. The quantitative estimate of drug-likeness (QED) is 0.286. The molecule has 0 aliphatic heterocycles. The summed E-state index contributed by atoms with van der Waals surface area (Å²) in [4.78, 5) is 0. The van der Waals surface area contributed by atoms with Gasteiger partial charge in [0.05, 0.1) is 0 Å². The topological polar surface area (TPSA) is 0 Å². The molecule has 0 fully saturated rings. The first-order valence-corrected chi connectivity index (χ1v) is 10.3. The van der Waals surface area contributed by atoms with Crippen LogP contribution in [0.3, 0.4) is 0 Å². The Morgan fingerprint density at radius 2 is 1.21 bits per heavy atom. The standard InChI is InChI=1S/C28H24/c1-3-19-16-23-17-21-11-5-6-12-22(21)18-27(23)28(24(19)4-2)26-15-9-13-20-10-7-8-14-25(20)26/h5-18H,3-4H2,1-2H3. The maximum absolute atomic E-state index is 2.41. The molecule has 28 heavy (non-hydrogen) atoms. The molecule has 0 amide bonds. The predicted molar refractivity (Wildman–Crippen MR) is 123 cm³/mol. The van der Waals surface area contributed by atoms with E-state index in [2.05, 4.69) is 98.8 Å². The maximum atomic E-state index is 2.41. The first-order chi connectivity index (χ1) is 13.8. The third-order valence-corrected chi connectivity index (χ3v) is 6.00. The van der Waals surface area contributed by atoms with Crippen molar-refractivity contribution in [2.75, 3.05) is 0 Å². The van der Waals surface area contributed by atoms with Crippen LogP contribution in [0.25, 0.3) is 43.4 Å². The molecule has 0 saturated heterocycles. The van der Waals surface area contributed by atoms with E-state index in [0.717, 1.165) is 12.8 Å². The van der Waals surface area contributed by atoms with Crippen LogP contribution in [0, 0.1) is 0 Å². The number of hydrogen-bond donors (Lipinski definition) is 0. The van der Waals surface area contributed by atoms with Gasteiger partial charge in [0.15, 0.2) is 0 Å². The van der Waals surface area contributed by atoms with Crippen LogP contribution in [-0.4, -0.2) is 0 Å². The summed E-state index contributed by atoms with van der Waals surface area (Å²) < 4.78 is 0. The second-order valence-electron chi connectivity index (χ2n) is 7.54. The van der Waals surface area contributed by atoms with Crippen molar-refractivity contribution in [3.8, 4) is 11.1 Å². The highest BCUT2D eigenvalue weighted by Crippen LogP contribution is 2.40. The summed E-state index contributed by atoms with van der Waals surface area (Å²) in [6.45, 7) is 4.56. The molecule has 0 aliphatic rings. The molecule has 0 unspecified atom stereocenters. The molecule has 0 heteroatoms. The molecule has 5 rings (SSSR count). The first kappa shape index (κ1) is 17.0. The molecule has 136 valence electrons. The van der Waals surface area contributed by atoms with Crippen molar-refractivity contribution in [3.05, 3.63) is 96.1 Å². The van der Waals surface area contributed by atoms with Crippen molar-refractivity contribution >= 4 is 32.3 Å². The van der Waals surface area contributed by atoms with Crippen LogP contribution in [0.15, 0.2) is 84.9 Å². The predicted octanol–water partition coefficient (Wildman–Crippen LogP) is 7.94. The molecule has 0 aromatic heterocycles. The Hall–Kier alpha value is -3.12. The van der Waals surface area contributed by atoms with Gasteiger partial charge in [-0.05, 0) is 79.5 Å². The lowest BCUT2D eigenvalue weighted by Gasteiger charge is -2.19. The van der Waals surface area contributed by atoms with Crippen LogP contribution >= 0.6 is 0 Å². The highest BCUT2D eigenvalue weighted by molar-refractivity contribution is 6.10. The molecule has 0 nitrogen and oxygen atoms in total. The fourth-order valence-corrected chi connectivity index (χ4v) is 4.66. The van der Waals surface area contributed by atoms with Crippen LogP contribution in [0.1, 0.15) is 25.0 Å². The average molecular weight is 361 g/mol. The summed E-state index contributed by atoms with van der Waals surface area (Å²) in [6, 6.07) is 31.3. The van der Waals surface area contributed by atoms with Gasteiger partial charge in [-0.2, -0.15) is 0 Å². The zero-order chi connectivity index (χ0) is 19.1. The molecule has 5 aromatic rings. The number of hydrogen-bond acceptors (Lipinski definition) is 0. The molecular weight excluding hydrogens is 336 g/mol. The van der Waals surface area contributed by atoms with Gasteiger partial charge in [0.25, 0.3) is 0 Å². The maximum Gasteiger partial charge on any atom is -0.00642 e. The van der Waals surface area contributed by atoms with Gasteiger partial charge in [-0.15, -0.1) is 0 Å². The molecule has 0 bridgehead atoms. The third kappa shape index (κ3) is 2.60. The monoisotopic (exact) mass is 360 g/mol. The van der Waals surface area contributed by atoms with E-state index in [-0.39, 0.29) is 0 Å². The molecule has 0 heterocycles. The Kier molecular flexibility index (Phi) is 4.13. The van der Waals surface area contributed by atoms with Crippen molar-refractivity contribution in [1.29, 1.82) is 0 Å². The lowest BCUT2D eigenvalue weighted by atomic mass is 9.85. The molecule has 0 atom stereocenters. The Bertz CT molecular complexity index is 1320. The van der Waals surface area contributed by atoms with Gasteiger partial charge in [-0.1, -0.05) is 86.6 Å². The zero-order valence-corrected chi connectivity index (χ0v) is 16.5. The minimum absolute atomic E-state index is 1.05. The second-order valence-corrected chi connectivity index (χ2v) is 7.54. The van der Waals surface area contributed by atoms with Crippen molar-refractivity contribution in [1.82, 2.24) is 0 Å². The number of benzene rings is 5. The fourth-order valence-electron chi connectivity index (χ4n) is 4.66. The van der Waals surface area contributed by atoms with E-state index in [1.807, 2.05) is 0 Å². The summed E-state index contributed by atoms with van der Waals surface area (Å²) in [5, 5.41) is 7.97. The van der Waals surface area contributed by atoms with Gasteiger partial charge in [-0.3, -0.25) is 0 Å². The molecule has 5 aromatic carbocycles. The van der Waals surface area contributed by atoms with Crippen LogP contribution in [0.5, 0.6) is 0 Å². The van der Waals surface area contributed by atoms with E-state index in [9.17, 15) is 0 Å². The van der Waals surface area contributed by atoms with Crippen molar-refractivity contribution in [2.45, 2.75) is 26.7 Å². The van der Waals surface area contributed by atoms with E-state index in [0.29, 0.717) is 0 Å². The van der Waals surface area contributed by atoms with Gasteiger partial charge in [0.2, 0.25) is 0 Å². The lowest BCUT2D eigenvalue weighted by molar-refractivity contribution is 1.05. The highest BCUT2D eigenvalue weighted by atomic mass is 14.2. The van der Waals surface area contributed by atoms with Crippen LogP contribution in [0.2, 0.25) is 0 Å². The Labute approximate surface area is 166 Å². The second kappa shape index (κ2) is 6.80. The molecule has 0 saturated carbocycles. The van der Waals surface area contributed by atoms with Gasteiger partial charge in [0, 0.05) is 0 Å². The van der Waals surface area contributed by atoms with Gasteiger partial charge < -0.3 is 0 Å². The Balaban J connectivity index is 1.99. The molecule has 0 aliphatic carbocycles. The first-order valence-electron chi connectivity index (χ1n) is 10.3. The SMILES string of the molecule is CCc1cc2cc3ccccc3cc2c(-c2cccc3ccccc23)c1CC. The van der Waals surface area contributed by atoms with Crippen molar-refractivity contribution < 1.29 is 0 Å². The zero-order valence-electron chi connectivity index (χ0n) is 16.5. The van der Waals surface area contributed by atoms with Crippen molar-refractivity contribution in [2.24, 2.45) is 0 Å². The van der Waals surface area contributed by atoms with Gasteiger partial charge in [0.1, 0.15) is 0 Å². The van der Waals surface area contributed by atoms with Crippen molar-refractivity contribution in [3.63, 3.8) is 0 Å². The molecule has 0 N–H and O–H groups in total. The lowest BCUT2D eigenvalue weighted by Crippen LogP contribution is -1.98. The summed E-state index contributed by atoms with van der Waals surface area (Å²) in [5.74, 6) is 0. The Morgan fingerprint density at radius 3 is 1.96 bits per heavy atom. The van der Waals surface area contributed by atoms with E-state index >= 15 is 0 Å². The summed E-state index contributed by atoms with van der Waals surface area (Å²) in [6.07, 6.45) is 2.11. The number of rotatable bonds is 3. The number of fused-ring (bicyclic) bond motifs is 3. The minimum Gasteiger partial charge on any atom is -0.0616 e. The van der Waals surface area contributed by atoms with Crippen LogP contribution in [-0.2, 0) is 12.8 Å². The highest BCUT2D eigenvalue weighted by Gasteiger charge is 2.16. The largest absolute Gasteiger partial charge is 0.0616 e. The molecular formula is C28H24. The van der Waals surface area contributed by atoms with Crippen LogP contribution < -0.4 is 0 Å².